The molecule has 1 radical (unpaired) electrons. The van der Waals surface area contributed by atoms with E-state index in [1.165, 1.54) is 4.88 Å². The van der Waals surface area contributed by atoms with Crippen LogP contribution in [0.2, 0.25) is 0 Å². The first-order valence-electron chi connectivity index (χ1n) is 2.50. The summed E-state index contributed by atoms with van der Waals surface area (Å²) in [5.74, 6) is 0. The number of hydrogen-bond donors (Lipinski definition) is 0. The van der Waals surface area contributed by atoms with E-state index >= 15 is 0 Å². The van der Waals surface area contributed by atoms with Gasteiger partial charge in [0.15, 0.2) is 0 Å². The van der Waals surface area contributed by atoms with Gasteiger partial charge in [-0.15, -0.1) is 11.3 Å². The Kier molecular flexibility index (Phi) is 1.97. The van der Waals surface area contributed by atoms with Crippen molar-refractivity contribution in [2.24, 2.45) is 0 Å². The van der Waals surface area contributed by atoms with Crippen molar-refractivity contribution in [3.8, 4) is 0 Å². The molecule has 0 fully saturated rings. The van der Waals surface area contributed by atoms with Gasteiger partial charge >= 0.3 is 0 Å². The Morgan fingerprint density at radius 2 is 2.50 bits per heavy atom. The minimum Gasteiger partial charge on any atom is -0.148 e. The van der Waals surface area contributed by atoms with Gasteiger partial charge in [0.25, 0.3) is 0 Å². The third kappa shape index (κ3) is 1.26. The summed E-state index contributed by atoms with van der Waals surface area (Å²) < 4.78 is 0. The molecule has 1 unspecified atom stereocenters. The summed E-state index contributed by atoms with van der Waals surface area (Å²) in [6, 6.07) is 4.10. The van der Waals surface area contributed by atoms with Crippen LogP contribution in [-0.4, -0.2) is 0 Å². The lowest BCUT2D eigenvalue weighted by Gasteiger charge is -1.93. The number of hydrogen-bond acceptors (Lipinski definition) is 1. The summed E-state index contributed by atoms with van der Waals surface area (Å²) in [7, 11) is 0. The molecule has 0 aliphatic rings. The molecule has 1 heterocycles. The van der Waals surface area contributed by atoms with Crippen molar-refractivity contribution >= 4 is 24.0 Å². The molecule has 0 aliphatic heterocycles. The van der Waals surface area contributed by atoms with Crippen molar-refractivity contribution in [2.45, 2.75) is 12.2 Å². The van der Waals surface area contributed by atoms with Gasteiger partial charge in [-0.3, -0.25) is 0 Å². The van der Waals surface area contributed by atoms with E-state index in [1.807, 2.05) is 13.0 Å². The molecular formula is C6H7S2. The van der Waals surface area contributed by atoms with Gasteiger partial charge in [0, 0.05) is 10.1 Å². The van der Waals surface area contributed by atoms with Gasteiger partial charge in [-0.1, -0.05) is 18.7 Å². The van der Waals surface area contributed by atoms with Crippen LogP contribution in [0.5, 0.6) is 0 Å². The van der Waals surface area contributed by atoms with E-state index in [0.717, 1.165) is 0 Å². The zero-order chi connectivity index (χ0) is 5.98. The predicted molar refractivity (Wildman–Crippen MR) is 40.3 cm³/mol. The topological polar surface area (TPSA) is 0 Å². The molecule has 0 nitrogen and oxygen atoms in total. The first-order chi connectivity index (χ1) is 3.80. The molecule has 0 bridgehead atoms. The molecule has 1 aromatic rings. The van der Waals surface area contributed by atoms with Crippen molar-refractivity contribution in [3.05, 3.63) is 22.4 Å². The van der Waals surface area contributed by atoms with Crippen LogP contribution in [0.25, 0.3) is 0 Å². The maximum atomic E-state index is 5.01. The highest BCUT2D eigenvalue weighted by Gasteiger charge is 1.97. The number of thiophene rings is 1. The minimum absolute atomic E-state index is 0.287. The van der Waals surface area contributed by atoms with E-state index in [-0.39, 0.29) is 5.25 Å². The zero-order valence-corrected chi connectivity index (χ0v) is 6.26. The Morgan fingerprint density at radius 3 is 2.75 bits per heavy atom. The molecule has 43 valence electrons. The van der Waals surface area contributed by atoms with Gasteiger partial charge in [-0.2, -0.15) is 0 Å². The summed E-state index contributed by atoms with van der Waals surface area (Å²) in [5, 5.41) is 2.34. The van der Waals surface area contributed by atoms with Crippen molar-refractivity contribution in [3.63, 3.8) is 0 Å². The lowest BCUT2D eigenvalue weighted by Crippen LogP contribution is -1.72. The fourth-order valence-electron chi connectivity index (χ4n) is 0.523. The largest absolute Gasteiger partial charge is 0.148 e. The van der Waals surface area contributed by atoms with E-state index in [9.17, 15) is 0 Å². The molecule has 0 aromatic carbocycles. The third-order valence-corrected chi connectivity index (χ3v) is 2.40. The first kappa shape index (κ1) is 6.17. The van der Waals surface area contributed by atoms with Gasteiger partial charge in [0.05, 0.1) is 0 Å². The normalized spacial score (nSPS) is 13.8. The fourth-order valence-corrected chi connectivity index (χ4v) is 1.43. The SMILES string of the molecule is CC([S])c1cccs1. The van der Waals surface area contributed by atoms with Crippen molar-refractivity contribution < 1.29 is 0 Å². The summed E-state index contributed by atoms with van der Waals surface area (Å²) in [5.41, 5.74) is 0. The van der Waals surface area contributed by atoms with Gasteiger partial charge in [-0.25, -0.2) is 0 Å². The Morgan fingerprint density at radius 1 is 1.75 bits per heavy atom. The number of rotatable bonds is 1. The van der Waals surface area contributed by atoms with Crippen molar-refractivity contribution in [1.82, 2.24) is 0 Å². The van der Waals surface area contributed by atoms with E-state index in [0.29, 0.717) is 0 Å². The van der Waals surface area contributed by atoms with Gasteiger partial charge < -0.3 is 0 Å². The maximum absolute atomic E-state index is 5.01. The van der Waals surface area contributed by atoms with Crippen LogP contribution in [0, 0.1) is 0 Å². The Bertz CT molecular complexity index is 142. The molecule has 2 heteroatoms. The second-order valence-electron chi connectivity index (χ2n) is 1.66. The molecule has 0 saturated heterocycles. The molecule has 0 aliphatic carbocycles. The van der Waals surface area contributed by atoms with Crippen LogP contribution in [-0.2, 0) is 0 Å². The van der Waals surface area contributed by atoms with Gasteiger partial charge in [0.2, 0.25) is 0 Å². The van der Waals surface area contributed by atoms with Gasteiger partial charge in [0.1, 0.15) is 0 Å². The minimum atomic E-state index is 0.287. The smallest absolute Gasteiger partial charge is 0.0466 e. The Balaban J connectivity index is 2.77. The second kappa shape index (κ2) is 2.55. The Labute approximate surface area is 59.0 Å². The van der Waals surface area contributed by atoms with E-state index < -0.39 is 0 Å². The summed E-state index contributed by atoms with van der Waals surface area (Å²) in [6.07, 6.45) is 0. The highest BCUT2D eigenvalue weighted by Crippen LogP contribution is 2.22. The van der Waals surface area contributed by atoms with Crippen LogP contribution in [0.3, 0.4) is 0 Å². The fraction of sp³-hybridized carbons (Fsp3) is 0.333. The zero-order valence-electron chi connectivity index (χ0n) is 4.63. The molecule has 1 rings (SSSR count). The highest BCUT2D eigenvalue weighted by atomic mass is 32.1. The molecule has 0 spiro atoms. The van der Waals surface area contributed by atoms with E-state index in [2.05, 4.69) is 11.4 Å². The molecule has 1 aromatic heterocycles. The molecule has 1 atom stereocenters. The molecule has 0 N–H and O–H groups in total. The standard InChI is InChI=1S/C6H7S2/c1-5(7)6-3-2-4-8-6/h2-5H,1H3. The predicted octanol–water partition coefficient (Wildman–Crippen LogP) is 3.01. The molecule has 0 amide bonds. The van der Waals surface area contributed by atoms with Crippen LogP contribution >= 0.6 is 24.0 Å². The summed E-state index contributed by atoms with van der Waals surface area (Å²) in [6.45, 7) is 2.03. The van der Waals surface area contributed by atoms with Gasteiger partial charge in [-0.05, 0) is 18.4 Å². The Hall–Kier alpha value is 0.0500. The molecule has 8 heavy (non-hydrogen) atoms. The quantitative estimate of drug-likeness (QED) is 0.567. The van der Waals surface area contributed by atoms with E-state index in [4.69, 9.17) is 12.6 Å². The average Bonchev–Trinajstić information content (AvgIpc) is 2.12. The third-order valence-electron chi connectivity index (χ3n) is 0.944. The van der Waals surface area contributed by atoms with Crippen LogP contribution in [0.1, 0.15) is 17.1 Å². The summed E-state index contributed by atoms with van der Waals surface area (Å²) in [4.78, 5) is 1.29. The van der Waals surface area contributed by atoms with Crippen molar-refractivity contribution in [1.29, 1.82) is 0 Å². The van der Waals surface area contributed by atoms with Crippen molar-refractivity contribution in [2.75, 3.05) is 0 Å². The molecule has 0 saturated carbocycles. The van der Waals surface area contributed by atoms with Crippen LogP contribution in [0.4, 0.5) is 0 Å². The second-order valence-corrected chi connectivity index (χ2v) is 3.34. The lowest BCUT2D eigenvalue weighted by atomic mass is 10.4. The highest BCUT2D eigenvalue weighted by molar-refractivity contribution is 7.80. The summed E-state index contributed by atoms with van der Waals surface area (Å²) >= 11 is 6.74. The van der Waals surface area contributed by atoms with E-state index in [1.54, 1.807) is 11.3 Å². The maximum Gasteiger partial charge on any atom is 0.0466 e. The first-order valence-corrected chi connectivity index (χ1v) is 3.85. The monoisotopic (exact) mass is 143 g/mol. The average molecular weight is 143 g/mol. The van der Waals surface area contributed by atoms with Crippen LogP contribution < -0.4 is 0 Å². The lowest BCUT2D eigenvalue weighted by molar-refractivity contribution is 1.15. The van der Waals surface area contributed by atoms with Crippen LogP contribution in [0.15, 0.2) is 17.5 Å². The molecular weight excluding hydrogens is 136 g/mol.